The molecule has 1 aromatic carbocycles. The third kappa shape index (κ3) is 6.92. The van der Waals surface area contributed by atoms with Crippen molar-refractivity contribution in [3.63, 3.8) is 0 Å². The first-order valence-corrected chi connectivity index (χ1v) is 7.79. The zero-order chi connectivity index (χ0) is 12.3. The number of hydrogen-bond acceptors (Lipinski definition) is 1. The lowest BCUT2D eigenvalue weighted by Crippen LogP contribution is -1.98. The fourth-order valence-corrected chi connectivity index (χ4v) is 2.35. The Bertz CT molecular complexity index is 299. The molecular weight excluding hydrogens is 323 g/mol. The smallest absolute Gasteiger partial charge is 0.132 e. The van der Waals surface area contributed by atoms with Crippen LogP contribution in [0.1, 0.15) is 51.9 Å². The molecule has 0 N–H and O–H groups in total. The topological polar surface area (TPSA) is 9.23 Å². The molecule has 0 aromatic heterocycles. The Hall–Kier alpha value is -0.250. The summed E-state index contributed by atoms with van der Waals surface area (Å²) in [6, 6.07) is 8.20. The van der Waals surface area contributed by atoms with Crippen molar-refractivity contribution in [1.82, 2.24) is 0 Å². The molecule has 2 heteroatoms. The lowest BCUT2D eigenvalue weighted by molar-refractivity contribution is 0.302. The maximum Gasteiger partial charge on any atom is 0.132 e. The Morgan fingerprint density at radius 3 is 2.29 bits per heavy atom. The highest BCUT2D eigenvalue weighted by Crippen LogP contribution is 2.20. The van der Waals surface area contributed by atoms with Crippen molar-refractivity contribution in [2.75, 3.05) is 6.61 Å². The van der Waals surface area contributed by atoms with E-state index in [0.717, 1.165) is 12.4 Å². The van der Waals surface area contributed by atoms with E-state index in [0.29, 0.717) is 0 Å². The summed E-state index contributed by atoms with van der Waals surface area (Å²) in [5.74, 6) is 1.03. The molecule has 0 heterocycles. The number of halogens is 1. The highest BCUT2D eigenvalue weighted by Gasteiger charge is 1.98. The molecule has 1 aromatic rings. The number of para-hydroxylation sites is 1. The Morgan fingerprint density at radius 1 is 0.941 bits per heavy atom. The lowest BCUT2D eigenvalue weighted by atomic mass is 10.1. The summed E-state index contributed by atoms with van der Waals surface area (Å²) in [5, 5.41) is 0. The average molecular weight is 346 g/mol. The number of rotatable bonds is 9. The zero-order valence-electron chi connectivity index (χ0n) is 10.8. The van der Waals surface area contributed by atoms with Crippen LogP contribution in [0.5, 0.6) is 5.75 Å². The standard InChI is InChI=1S/C15H23IO/c1-2-3-4-5-6-7-10-13-17-15-12-9-8-11-14(15)16/h8-9,11-12H,2-7,10,13H2,1H3. The minimum Gasteiger partial charge on any atom is -0.492 e. The van der Waals surface area contributed by atoms with E-state index < -0.39 is 0 Å². The molecular formula is C15H23IO. The monoisotopic (exact) mass is 346 g/mol. The molecule has 96 valence electrons. The van der Waals surface area contributed by atoms with Gasteiger partial charge in [-0.05, 0) is 41.1 Å². The van der Waals surface area contributed by atoms with E-state index in [4.69, 9.17) is 4.74 Å². The second-order valence-electron chi connectivity index (χ2n) is 4.40. The van der Waals surface area contributed by atoms with Crippen LogP contribution in [0, 0.1) is 3.57 Å². The molecule has 0 spiro atoms. The summed E-state index contributed by atoms with van der Waals surface area (Å²) < 4.78 is 6.96. The second-order valence-corrected chi connectivity index (χ2v) is 5.56. The number of ether oxygens (including phenoxy) is 1. The molecule has 0 unspecified atom stereocenters. The molecule has 0 saturated carbocycles. The first-order valence-electron chi connectivity index (χ1n) is 6.72. The number of hydrogen-bond donors (Lipinski definition) is 0. The summed E-state index contributed by atoms with van der Waals surface area (Å²) in [4.78, 5) is 0. The molecule has 0 atom stereocenters. The maximum absolute atomic E-state index is 5.76. The predicted octanol–water partition coefficient (Wildman–Crippen LogP) is 5.42. The van der Waals surface area contributed by atoms with Gasteiger partial charge in [0.05, 0.1) is 10.2 Å². The van der Waals surface area contributed by atoms with Gasteiger partial charge >= 0.3 is 0 Å². The van der Waals surface area contributed by atoms with Crippen molar-refractivity contribution in [1.29, 1.82) is 0 Å². The SMILES string of the molecule is CCCCCCCCCOc1ccccc1I. The van der Waals surface area contributed by atoms with Crippen LogP contribution in [0.2, 0.25) is 0 Å². The Balaban J connectivity index is 1.99. The van der Waals surface area contributed by atoms with E-state index in [1.807, 2.05) is 18.2 Å². The van der Waals surface area contributed by atoms with Gasteiger partial charge in [-0.15, -0.1) is 0 Å². The minimum atomic E-state index is 0.855. The van der Waals surface area contributed by atoms with Crippen LogP contribution in [0.4, 0.5) is 0 Å². The van der Waals surface area contributed by atoms with Gasteiger partial charge in [-0.2, -0.15) is 0 Å². The van der Waals surface area contributed by atoms with Crippen LogP contribution < -0.4 is 4.74 Å². The fourth-order valence-electron chi connectivity index (χ4n) is 1.80. The Morgan fingerprint density at radius 2 is 1.59 bits per heavy atom. The van der Waals surface area contributed by atoms with Crippen LogP contribution in [0.25, 0.3) is 0 Å². The van der Waals surface area contributed by atoms with Gasteiger partial charge in [-0.3, -0.25) is 0 Å². The third-order valence-electron chi connectivity index (χ3n) is 2.84. The van der Waals surface area contributed by atoms with E-state index in [1.54, 1.807) is 0 Å². The lowest BCUT2D eigenvalue weighted by Gasteiger charge is -2.07. The predicted molar refractivity (Wildman–Crippen MR) is 82.6 cm³/mol. The normalized spacial score (nSPS) is 10.5. The number of unbranched alkanes of at least 4 members (excludes halogenated alkanes) is 6. The summed E-state index contributed by atoms with van der Waals surface area (Å²) in [6.45, 7) is 3.11. The minimum absolute atomic E-state index is 0.855. The molecule has 1 nitrogen and oxygen atoms in total. The van der Waals surface area contributed by atoms with Crippen LogP contribution in [0.15, 0.2) is 24.3 Å². The van der Waals surface area contributed by atoms with Gasteiger partial charge in [0, 0.05) is 0 Å². The van der Waals surface area contributed by atoms with Gasteiger partial charge in [0.25, 0.3) is 0 Å². The maximum atomic E-state index is 5.76. The summed E-state index contributed by atoms with van der Waals surface area (Å²) in [6.07, 6.45) is 9.33. The molecule has 0 bridgehead atoms. The van der Waals surface area contributed by atoms with E-state index >= 15 is 0 Å². The van der Waals surface area contributed by atoms with E-state index in [-0.39, 0.29) is 0 Å². The van der Waals surface area contributed by atoms with Crippen molar-refractivity contribution in [3.05, 3.63) is 27.8 Å². The fraction of sp³-hybridized carbons (Fsp3) is 0.600. The highest BCUT2D eigenvalue weighted by atomic mass is 127. The summed E-state index contributed by atoms with van der Waals surface area (Å²) in [5.41, 5.74) is 0. The largest absolute Gasteiger partial charge is 0.492 e. The van der Waals surface area contributed by atoms with Crippen molar-refractivity contribution in [2.45, 2.75) is 51.9 Å². The molecule has 0 saturated heterocycles. The third-order valence-corrected chi connectivity index (χ3v) is 3.73. The molecule has 17 heavy (non-hydrogen) atoms. The Kier molecular flexibility index (Phi) is 8.49. The second kappa shape index (κ2) is 9.75. The van der Waals surface area contributed by atoms with Gasteiger partial charge in [0.1, 0.15) is 5.75 Å². The highest BCUT2D eigenvalue weighted by molar-refractivity contribution is 14.1. The van der Waals surface area contributed by atoms with Crippen LogP contribution >= 0.6 is 22.6 Å². The first kappa shape index (κ1) is 14.8. The van der Waals surface area contributed by atoms with Crippen molar-refractivity contribution < 1.29 is 4.74 Å². The van der Waals surface area contributed by atoms with Crippen molar-refractivity contribution >= 4 is 22.6 Å². The van der Waals surface area contributed by atoms with Crippen molar-refractivity contribution in [2.24, 2.45) is 0 Å². The van der Waals surface area contributed by atoms with E-state index in [9.17, 15) is 0 Å². The van der Waals surface area contributed by atoms with Crippen LogP contribution in [-0.2, 0) is 0 Å². The van der Waals surface area contributed by atoms with Gasteiger partial charge in [0.2, 0.25) is 0 Å². The van der Waals surface area contributed by atoms with E-state index in [2.05, 4.69) is 35.6 Å². The summed E-state index contributed by atoms with van der Waals surface area (Å²) in [7, 11) is 0. The quantitative estimate of drug-likeness (QED) is 0.428. The number of benzene rings is 1. The van der Waals surface area contributed by atoms with Gasteiger partial charge < -0.3 is 4.74 Å². The molecule has 0 aliphatic rings. The molecule has 0 amide bonds. The van der Waals surface area contributed by atoms with Crippen molar-refractivity contribution in [3.8, 4) is 5.75 Å². The molecule has 0 aliphatic heterocycles. The van der Waals surface area contributed by atoms with Crippen LogP contribution in [0.3, 0.4) is 0 Å². The van der Waals surface area contributed by atoms with Gasteiger partial charge in [-0.1, -0.05) is 57.6 Å². The first-order chi connectivity index (χ1) is 8.34. The zero-order valence-corrected chi connectivity index (χ0v) is 12.9. The van der Waals surface area contributed by atoms with Gasteiger partial charge in [-0.25, -0.2) is 0 Å². The van der Waals surface area contributed by atoms with E-state index in [1.165, 1.54) is 48.5 Å². The molecule has 0 aliphatic carbocycles. The molecule has 0 fully saturated rings. The molecule has 0 radical (unpaired) electrons. The summed E-state index contributed by atoms with van der Waals surface area (Å²) >= 11 is 2.32. The average Bonchev–Trinajstić information content (AvgIpc) is 2.35. The molecule has 1 rings (SSSR count). The van der Waals surface area contributed by atoms with Gasteiger partial charge in [0.15, 0.2) is 0 Å². The Labute approximate surface area is 119 Å². The van der Waals surface area contributed by atoms with Crippen LogP contribution in [-0.4, -0.2) is 6.61 Å².